The summed E-state index contributed by atoms with van der Waals surface area (Å²) in [5.74, 6) is -0.541. The highest BCUT2D eigenvalue weighted by atomic mass is 16.6. The van der Waals surface area contributed by atoms with E-state index in [1.54, 1.807) is 14.0 Å². The zero-order valence-corrected chi connectivity index (χ0v) is 12.3. The first kappa shape index (κ1) is 17.4. The Hall–Kier alpha value is -1.64. The summed E-state index contributed by atoms with van der Waals surface area (Å²) >= 11 is 0. The highest BCUT2D eigenvalue weighted by molar-refractivity contribution is 5.86. The normalized spacial score (nSPS) is 10.6. The molecule has 8 heteroatoms. The van der Waals surface area contributed by atoms with Crippen LogP contribution in [0.3, 0.4) is 0 Å². The second-order valence-electron chi connectivity index (χ2n) is 3.79. The monoisotopic (exact) mass is 303 g/mol. The summed E-state index contributed by atoms with van der Waals surface area (Å²) in [5, 5.41) is 0. The molecule has 0 aliphatic heterocycles. The Morgan fingerprint density at radius 2 is 1.81 bits per heavy atom. The largest absolute Gasteiger partial charge is 0.461 e. The van der Waals surface area contributed by atoms with Crippen LogP contribution in [0.4, 0.5) is 0 Å². The van der Waals surface area contributed by atoms with Crippen LogP contribution in [-0.4, -0.2) is 64.3 Å². The fourth-order valence-electron chi connectivity index (χ4n) is 1.27. The Labute approximate surface area is 123 Å². The van der Waals surface area contributed by atoms with Gasteiger partial charge in [-0.05, 0) is 6.92 Å². The molecule has 0 N–H and O–H groups in total. The Kier molecular flexibility index (Phi) is 9.18. The van der Waals surface area contributed by atoms with Crippen molar-refractivity contribution in [2.45, 2.75) is 6.92 Å². The van der Waals surface area contributed by atoms with Crippen LogP contribution >= 0.6 is 0 Å². The molecule has 0 amide bonds. The van der Waals surface area contributed by atoms with Gasteiger partial charge >= 0.3 is 12.0 Å². The summed E-state index contributed by atoms with van der Waals surface area (Å²) in [7, 11) is 1.62. The number of hydrogen-bond donors (Lipinski definition) is 0. The number of methoxy groups -OCH3 is 1. The summed E-state index contributed by atoms with van der Waals surface area (Å²) in [6, 6.07) is 0. The van der Waals surface area contributed by atoms with E-state index < -0.39 is 5.97 Å². The molecule has 1 aromatic rings. The molecule has 1 heterocycles. The first-order chi connectivity index (χ1) is 10.3. The predicted octanol–water partition coefficient (Wildman–Crippen LogP) is 0.910. The van der Waals surface area contributed by atoms with Gasteiger partial charge in [0.25, 0.3) is 0 Å². The van der Waals surface area contributed by atoms with Gasteiger partial charge in [-0.3, -0.25) is 0 Å². The van der Waals surface area contributed by atoms with Crippen LogP contribution in [-0.2, 0) is 18.9 Å². The van der Waals surface area contributed by atoms with Crippen LogP contribution in [0.25, 0.3) is 0 Å². The van der Waals surface area contributed by atoms with Crippen molar-refractivity contribution < 1.29 is 32.9 Å². The lowest BCUT2D eigenvalue weighted by Gasteiger charge is -2.05. The predicted molar refractivity (Wildman–Crippen MR) is 71.5 cm³/mol. The molecule has 0 saturated heterocycles. The molecule has 0 fully saturated rings. The molecule has 0 atom stereocenters. The summed E-state index contributed by atoms with van der Waals surface area (Å²) < 4.78 is 30.3. The van der Waals surface area contributed by atoms with E-state index in [4.69, 9.17) is 28.1 Å². The molecule has 0 unspecified atom stereocenters. The number of esters is 1. The van der Waals surface area contributed by atoms with Gasteiger partial charge in [0.2, 0.25) is 0 Å². The smallest absolute Gasteiger partial charge is 0.394 e. The molecular weight excluding hydrogens is 282 g/mol. The third kappa shape index (κ3) is 7.64. The third-order valence-electron chi connectivity index (χ3n) is 2.22. The summed E-state index contributed by atoms with van der Waals surface area (Å²) in [6.07, 6.45) is 1.20. The molecule has 0 aromatic carbocycles. The SMILES string of the molecule is CCOC(=O)c1coc(OCCOCCOCCOC)n1. The molecule has 0 saturated carbocycles. The Morgan fingerprint density at radius 3 is 2.48 bits per heavy atom. The van der Waals surface area contributed by atoms with Crippen molar-refractivity contribution in [2.75, 3.05) is 53.4 Å². The van der Waals surface area contributed by atoms with Gasteiger partial charge in [-0.25, -0.2) is 4.79 Å². The topological polar surface area (TPSA) is 89.3 Å². The molecule has 1 rings (SSSR count). The highest BCUT2D eigenvalue weighted by Gasteiger charge is 2.13. The van der Waals surface area contributed by atoms with Gasteiger partial charge in [-0.15, -0.1) is 0 Å². The minimum absolute atomic E-state index is 0.0120. The Morgan fingerprint density at radius 1 is 1.14 bits per heavy atom. The van der Waals surface area contributed by atoms with Crippen LogP contribution in [0.2, 0.25) is 0 Å². The third-order valence-corrected chi connectivity index (χ3v) is 2.22. The minimum Gasteiger partial charge on any atom is -0.461 e. The minimum atomic E-state index is -0.541. The average Bonchev–Trinajstić information content (AvgIpc) is 2.95. The van der Waals surface area contributed by atoms with Crippen molar-refractivity contribution in [3.8, 4) is 6.08 Å². The maximum atomic E-state index is 11.3. The van der Waals surface area contributed by atoms with E-state index in [1.807, 2.05) is 0 Å². The average molecular weight is 303 g/mol. The second-order valence-corrected chi connectivity index (χ2v) is 3.79. The molecule has 0 aliphatic carbocycles. The highest BCUT2D eigenvalue weighted by Crippen LogP contribution is 2.10. The van der Waals surface area contributed by atoms with Crippen molar-refractivity contribution >= 4 is 5.97 Å². The van der Waals surface area contributed by atoms with Gasteiger partial charge in [0.05, 0.1) is 39.6 Å². The zero-order valence-electron chi connectivity index (χ0n) is 12.3. The molecule has 0 radical (unpaired) electrons. The van der Waals surface area contributed by atoms with E-state index in [2.05, 4.69) is 4.98 Å². The summed E-state index contributed by atoms with van der Waals surface area (Å²) in [4.78, 5) is 15.2. The molecular formula is C13H21NO7. The van der Waals surface area contributed by atoms with Crippen molar-refractivity contribution in [2.24, 2.45) is 0 Å². The standard InChI is InChI=1S/C13H21NO7/c1-3-19-12(15)11-10-21-13(14-11)20-9-8-18-7-6-17-5-4-16-2/h10H,3-9H2,1-2H3. The Balaban J connectivity index is 2.04. The van der Waals surface area contributed by atoms with Crippen LogP contribution in [0.5, 0.6) is 6.08 Å². The maximum Gasteiger partial charge on any atom is 0.394 e. The molecule has 21 heavy (non-hydrogen) atoms. The van der Waals surface area contributed by atoms with E-state index in [9.17, 15) is 4.79 Å². The van der Waals surface area contributed by atoms with Gasteiger partial charge in [-0.1, -0.05) is 0 Å². The number of carbonyl (C=O) groups is 1. The van der Waals surface area contributed by atoms with Crippen molar-refractivity contribution in [1.29, 1.82) is 0 Å². The number of oxazole rings is 1. The molecule has 0 bridgehead atoms. The van der Waals surface area contributed by atoms with Gasteiger partial charge in [0.15, 0.2) is 5.69 Å². The van der Waals surface area contributed by atoms with Crippen molar-refractivity contribution in [3.05, 3.63) is 12.0 Å². The van der Waals surface area contributed by atoms with Gasteiger partial charge < -0.3 is 28.1 Å². The quantitative estimate of drug-likeness (QED) is 0.416. The lowest BCUT2D eigenvalue weighted by Crippen LogP contribution is -2.12. The number of aromatic nitrogens is 1. The molecule has 1 aromatic heterocycles. The fourth-order valence-corrected chi connectivity index (χ4v) is 1.27. The van der Waals surface area contributed by atoms with Gasteiger partial charge in [-0.2, -0.15) is 4.98 Å². The van der Waals surface area contributed by atoms with Gasteiger partial charge in [0.1, 0.15) is 12.9 Å². The van der Waals surface area contributed by atoms with Crippen LogP contribution in [0, 0.1) is 0 Å². The molecule has 0 aliphatic rings. The van der Waals surface area contributed by atoms with E-state index in [0.717, 1.165) is 0 Å². The van der Waals surface area contributed by atoms with Crippen molar-refractivity contribution in [3.63, 3.8) is 0 Å². The first-order valence-electron chi connectivity index (χ1n) is 6.67. The van der Waals surface area contributed by atoms with E-state index in [1.165, 1.54) is 6.26 Å². The summed E-state index contributed by atoms with van der Waals surface area (Å²) in [5.41, 5.74) is 0.0827. The summed E-state index contributed by atoms with van der Waals surface area (Å²) in [6.45, 7) is 4.70. The molecule has 0 spiro atoms. The zero-order chi connectivity index (χ0) is 15.3. The number of hydrogen-bond acceptors (Lipinski definition) is 8. The molecule has 8 nitrogen and oxygen atoms in total. The number of nitrogens with zero attached hydrogens (tertiary/aromatic N) is 1. The number of carbonyl (C=O) groups excluding carboxylic acids is 1. The van der Waals surface area contributed by atoms with Crippen molar-refractivity contribution in [1.82, 2.24) is 4.98 Å². The first-order valence-corrected chi connectivity index (χ1v) is 6.67. The number of ether oxygens (including phenoxy) is 5. The van der Waals surface area contributed by atoms with Crippen LogP contribution < -0.4 is 4.74 Å². The molecule has 120 valence electrons. The van der Waals surface area contributed by atoms with Crippen LogP contribution in [0.1, 0.15) is 17.4 Å². The number of rotatable bonds is 12. The van der Waals surface area contributed by atoms with E-state index >= 15 is 0 Å². The van der Waals surface area contributed by atoms with Crippen LogP contribution in [0.15, 0.2) is 10.7 Å². The lowest BCUT2D eigenvalue weighted by molar-refractivity contribution is 0.0157. The Bertz CT molecular complexity index is 394. The van der Waals surface area contributed by atoms with E-state index in [0.29, 0.717) is 33.0 Å². The van der Waals surface area contributed by atoms with E-state index in [-0.39, 0.29) is 25.0 Å². The fraction of sp³-hybridized carbons (Fsp3) is 0.692. The second kappa shape index (κ2) is 11.1. The maximum absolute atomic E-state index is 11.3. The van der Waals surface area contributed by atoms with Gasteiger partial charge in [0, 0.05) is 7.11 Å². The lowest BCUT2D eigenvalue weighted by atomic mass is 10.5.